The van der Waals surface area contributed by atoms with Crippen LogP contribution < -0.4 is 14.8 Å². The van der Waals surface area contributed by atoms with Gasteiger partial charge in [-0.1, -0.05) is 38.5 Å². The lowest BCUT2D eigenvalue weighted by Crippen LogP contribution is -2.41. The van der Waals surface area contributed by atoms with E-state index in [1.165, 1.54) is 6.42 Å². The summed E-state index contributed by atoms with van der Waals surface area (Å²) in [6.07, 6.45) is 7.62. The largest absolute Gasteiger partial charge is 0.493 e. The number of carbonyl (C=O) groups excluding carboxylic acids is 1. The Hall–Kier alpha value is -2.74. The monoisotopic (exact) mass is 354 g/mol. The number of amides is 1. The van der Waals surface area contributed by atoms with Gasteiger partial charge in [-0.25, -0.2) is 0 Å². The van der Waals surface area contributed by atoms with E-state index in [0.717, 1.165) is 19.3 Å². The Balaban J connectivity index is 2.15. The molecule has 1 fully saturated rings. The minimum atomic E-state index is -0.322. The molecule has 1 aromatic carbocycles. The van der Waals surface area contributed by atoms with Crippen molar-refractivity contribution >= 4 is 12.0 Å². The maximum atomic E-state index is 12.5. The third-order valence-corrected chi connectivity index (χ3v) is 4.65. The lowest BCUT2D eigenvalue weighted by molar-refractivity contribution is -0.118. The Morgan fingerprint density at radius 3 is 2.81 bits per heavy atom. The Morgan fingerprint density at radius 1 is 1.38 bits per heavy atom. The van der Waals surface area contributed by atoms with Crippen LogP contribution >= 0.6 is 0 Å². The Bertz CT molecular complexity index is 718. The lowest BCUT2D eigenvalue weighted by atomic mass is 9.86. The Labute approximate surface area is 155 Å². The molecular formula is C21H26N2O3. The van der Waals surface area contributed by atoms with E-state index in [1.807, 2.05) is 6.07 Å². The molecule has 5 nitrogen and oxygen atoms in total. The molecular weight excluding hydrogens is 328 g/mol. The van der Waals surface area contributed by atoms with Crippen molar-refractivity contribution in [3.63, 3.8) is 0 Å². The highest BCUT2D eigenvalue weighted by Gasteiger charge is 2.24. The Kier molecular flexibility index (Phi) is 7.28. The summed E-state index contributed by atoms with van der Waals surface area (Å²) in [5, 5.41) is 12.4. The zero-order chi connectivity index (χ0) is 18.9. The number of hydrogen-bond acceptors (Lipinski definition) is 4. The molecule has 0 bridgehead atoms. The molecule has 1 aliphatic carbocycles. The molecule has 0 heterocycles. The molecule has 0 spiro atoms. The number of nitrogens with zero attached hydrogens (tertiary/aromatic N) is 1. The van der Waals surface area contributed by atoms with Crippen LogP contribution in [0.3, 0.4) is 0 Å². The number of hydrogen-bond donors (Lipinski definition) is 1. The van der Waals surface area contributed by atoms with Crippen LogP contribution in [0.5, 0.6) is 11.5 Å². The van der Waals surface area contributed by atoms with Gasteiger partial charge in [0.05, 0.1) is 7.11 Å². The predicted molar refractivity (Wildman–Crippen MR) is 102 cm³/mol. The average molecular weight is 354 g/mol. The van der Waals surface area contributed by atoms with Crippen molar-refractivity contribution in [2.24, 2.45) is 5.92 Å². The van der Waals surface area contributed by atoms with Gasteiger partial charge in [0.2, 0.25) is 0 Å². The molecule has 2 atom stereocenters. The van der Waals surface area contributed by atoms with Crippen molar-refractivity contribution in [2.75, 3.05) is 13.7 Å². The van der Waals surface area contributed by atoms with Gasteiger partial charge in [-0.3, -0.25) is 4.79 Å². The smallest absolute Gasteiger partial charge is 0.262 e. The van der Waals surface area contributed by atoms with Crippen LogP contribution in [0.4, 0.5) is 0 Å². The summed E-state index contributed by atoms with van der Waals surface area (Å²) in [5.74, 6) is 1.24. The number of ether oxygens (including phenoxy) is 2. The van der Waals surface area contributed by atoms with Gasteiger partial charge in [-0.15, -0.1) is 0 Å². The lowest BCUT2D eigenvalue weighted by Gasteiger charge is -2.29. The number of nitrogens with one attached hydrogen (secondary N) is 1. The van der Waals surface area contributed by atoms with Gasteiger partial charge in [0, 0.05) is 6.04 Å². The molecule has 0 aliphatic heterocycles. The summed E-state index contributed by atoms with van der Waals surface area (Å²) in [6, 6.07) is 7.42. The van der Waals surface area contributed by atoms with Gasteiger partial charge >= 0.3 is 0 Å². The summed E-state index contributed by atoms with van der Waals surface area (Å²) < 4.78 is 10.8. The molecule has 0 unspecified atom stereocenters. The topological polar surface area (TPSA) is 71.3 Å². The van der Waals surface area contributed by atoms with E-state index in [0.29, 0.717) is 29.6 Å². The minimum absolute atomic E-state index is 0.0876. The average Bonchev–Trinajstić information content (AvgIpc) is 2.66. The highest BCUT2D eigenvalue weighted by Crippen LogP contribution is 2.29. The molecule has 0 saturated heterocycles. The molecule has 1 aromatic rings. The first-order valence-corrected chi connectivity index (χ1v) is 8.93. The second-order valence-corrected chi connectivity index (χ2v) is 6.52. The van der Waals surface area contributed by atoms with Gasteiger partial charge < -0.3 is 14.8 Å². The summed E-state index contributed by atoms with van der Waals surface area (Å²) in [6.45, 7) is 6.13. The molecule has 5 heteroatoms. The van der Waals surface area contributed by atoms with Crippen molar-refractivity contribution < 1.29 is 14.3 Å². The van der Waals surface area contributed by atoms with E-state index >= 15 is 0 Å². The van der Waals surface area contributed by atoms with Crippen LogP contribution in [0.2, 0.25) is 0 Å². The first-order chi connectivity index (χ1) is 12.6. The maximum absolute atomic E-state index is 12.5. The molecule has 1 saturated carbocycles. The third-order valence-electron chi connectivity index (χ3n) is 4.65. The number of rotatable bonds is 7. The fourth-order valence-electron chi connectivity index (χ4n) is 3.13. The third kappa shape index (κ3) is 5.13. The fraction of sp³-hybridized carbons (Fsp3) is 0.429. The van der Waals surface area contributed by atoms with Crippen molar-refractivity contribution in [1.82, 2.24) is 5.32 Å². The van der Waals surface area contributed by atoms with Crippen LogP contribution in [0.1, 0.15) is 38.2 Å². The number of methoxy groups -OCH3 is 1. The van der Waals surface area contributed by atoms with Crippen molar-refractivity contribution in [3.05, 3.63) is 42.0 Å². The minimum Gasteiger partial charge on any atom is -0.493 e. The highest BCUT2D eigenvalue weighted by molar-refractivity contribution is 6.01. The SMILES string of the molecule is C=CCOc1ccc(/C=C(\C#N)C(=O)N[C@@H]2CCCC[C@@H]2C)cc1OC. The summed E-state index contributed by atoms with van der Waals surface area (Å²) in [7, 11) is 1.55. The van der Waals surface area contributed by atoms with E-state index in [4.69, 9.17) is 9.47 Å². The first kappa shape index (κ1) is 19.6. The second-order valence-electron chi connectivity index (χ2n) is 6.52. The van der Waals surface area contributed by atoms with Crippen LogP contribution in [0, 0.1) is 17.2 Å². The van der Waals surface area contributed by atoms with Gasteiger partial charge in [0.1, 0.15) is 18.2 Å². The summed E-state index contributed by atoms with van der Waals surface area (Å²) in [4.78, 5) is 12.5. The number of benzene rings is 1. The van der Waals surface area contributed by atoms with Gasteiger partial charge in [-0.05, 0) is 42.5 Å². The van der Waals surface area contributed by atoms with Crippen molar-refractivity contribution in [2.45, 2.75) is 38.6 Å². The van der Waals surface area contributed by atoms with Crippen LogP contribution in [-0.4, -0.2) is 25.7 Å². The van der Waals surface area contributed by atoms with Gasteiger partial charge in [0.15, 0.2) is 11.5 Å². The van der Waals surface area contributed by atoms with E-state index in [2.05, 4.69) is 18.8 Å². The van der Waals surface area contributed by atoms with Crippen LogP contribution in [0.25, 0.3) is 6.08 Å². The van der Waals surface area contributed by atoms with Crippen LogP contribution in [-0.2, 0) is 4.79 Å². The molecule has 1 N–H and O–H groups in total. The second kappa shape index (κ2) is 9.67. The van der Waals surface area contributed by atoms with E-state index in [9.17, 15) is 10.1 Å². The quantitative estimate of drug-likeness (QED) is 0.458. The summed E-state index contributed by atoms with van der Waals surface area (Å²) >= 11 is 0. The van der Waals surface area contributed by atoms with Crippen molar-refractivity contribution in [3.8, 4) is 17.6 Å². The molecule has 138 valence electrons. The van der Waals surface area contributed by atoms with Crippen LogP contribution in [0.15, 0.2) is 36.4 Å². The van der Waals surface area contributed by atoms with E-state index < -0.39 is 0 Å². The summed E-state index contributed by atoms with van der Waals surface area (Å²) in [5.41, 5.74) is 0.792. The zero-order valence-corrected chi connectivity index (χ0v) is 15.5. The van der Waals surface area contributed by atoms with Gasteiger partial charge in [-0.2, -0.15) is 5.26 Å². The Morgan fingerprint density at radius 2 is 2.15 bits per heavy atom. The van der Waals surface area contributed by atoms with E-state index in [1.54, 1.807) is 37.5 Å². The zero-order valence-electron chi connectivity index (χ0n) is 15.5. The normalized spacial score (nSPS) is 20.0. The predicted octanol–water partition coefficient (Wildman–Crippen LogP) is 3.86. The van der Waals surface area contributed by atoms with Crippen molar-refractivity contribution in [1.29, 1.82) is 5.26 Å². The molecule has 1 aliphatic rings. The number of carbonyl (C=O) groups is 1. The first-order valence-electron chi connectivity index (χ1n) is 8.93. The maximum Gasteiger partial charge on any atom is 0.262 e. The molecule has 0 aromatic heterocycles. The molecule has 1 amide bonds. The molecule has 26 heavy (non-hydrogen) atoms. The highest BCUT2D eigenvalue weighted by atomic mass is 16.5. The molecule has 0 radical (unpaired) electrons. The standard InChI is InChI=1S/C21H26N2O3/c1-4-11-26-19-10-9-16(13-20(19)25-3)12-17(14-22)21(24)23-18-8-6-5-7-15(18)2/h4,9-10,12-13,15,18H,1,5-8,11H2,2-3H3,(H,23,24)/b17-12+/t15-,18+/m0/s1. The molecule has 2 rings (SSSR count). The van der Waals surface area contributed by atoms with E-state index in [-0.39, 0.29) is 17.5 Å². The number of nitriles is 1. The fourth-order valence-corrected chi connectivity index (χ4v) is 3.13. The van der Waals surface area contributed by atoms with Gasteiger partial charge in [0.25, 0.3) is 5.91 Å².